The number of nitrogens with zero attached hydrogens (tertiary/aromatic N) is 1. The van der Waals surface area contributed by atoms with Crippen molar-refractivity contribution in [3.8, 4) is 5.75 Å². The van der Waals surface area contributed by atoms with Crippen LogP contribution in [-0.2, 0) is 76.8 Å². The van der Waals surface area contributed by atoms with Crippen LogP contribution < -0.4 is 65.1 Å². The molecule has 0 saturated carbocycles. The molecule has 4 aromatic rings. The molecule has 0 spiro atoms. The van der Waals surface area contributed by atoms with Crippen LogP contribution in [0.2, 0.25) is 0 Å². The van der Waals surface area contributed by atoms with Gasteiger partial charge in [-0.2, -0.15) is 0 Å². The number of unbranched alkanes of at least 4 members (excludes halogenated alkanes) is 1. The smallest absolute Gasteiger partial charge is 0.246 e. The van der Waals surface area contributed by atoms with E-state index in [0.29, 0.717) is 46.9 Å². The number of aromatic amines is 1. The lowest BCUT2D eigenvalue weighted by atomic mass is 9.98. The average molecular weight is 1290 g/mol. The van der Waals surface area contributed by atoms with Crippen molar-refractivity contribution in [2.24, 2.45) is 35.0 Å². The number of aromatic nitrogens is 1. The van der Waals surface area contributed by atoms with Gasteiger partial charge in [0.2, 0.25) is 70.9 Å². The molecular formula is C66H92N14O13. The highest BCUT2D eigenvalue weighted by Gasteiger charge is 2.42. The van der Waals surface area contributed by atoms with E-state index in [1.807, 2.05) is 27.7 Å². The van der Waals surface area contributed by atoms with E-state index < -0.39 is 156 Å². The van der Waals surface area contributed by atoms with Gasteiger partial charge < -0.3 is 80.0 Å². The fraction of sp³-hybridized carbons (Fsp3) is 0.515. The number of nitrogens with one attached hydrogen (secondary N) is 10. The minimum Gasteiger partial charge on any atom is -0.508 e. The number of hydrogen-bond donors (Lipinski definition) is 14. The standard InChI is InChI=1S/C66H92N14O13/c1-36(2)29-47-60(87)78-52(32-39-15-8-7-9-16-39)66(93)80-28-14-20-53(80)64(91)77-48(30-37(3)4)59(86)75-50(33-41-35-70-44-18-11-10-17-43(41)44)61(88)76-51(34-55(69)83)62(89)71-46(25-26-54(68)82)58(85)74-49(31-40-21-23-42(81)24-22-40)63(90)79-56(38(5)6)65(92)72-45(57(84)73-47)19-12-13-27-67/h7-11,15-18,21-24,35-38,45-53,56,70,81H,12-14,19-20,25-34,67H2,1-6H3,(H2,68,82)(H2,69,83)(H,71,89)(H,72,92)(H,73,84)(H,74,85)(H,75,86)(H,76,88)(H,77,91)(H,78,87)(H,79,90). The summed E-state index contributed by atoms with van der Waals surface area (Å²) in [7, 11) is 0. The Balaban J connectivity index is 1.47. The number of H-pyrrole nitrogens is 1. The Bertz CT molecular complexity index is 3280. The Morgan fingerprint density at radius 2 is 1.00 bits per heavy atom. The van der Waals surface area contributed by atoms with Crippen LogP contribution in [0.15, 0.2) is 85.1 Å². The summed E-state index contributed by atoms with van der Waals surface area (Å²) in [6.07, 6.45) is 0.703. The molecule has 3 aromatic carbocycles. The molecule has 0 aliphatic carbocycles. The van der Waals surface area contributed by atoms with E-state index in [1.165, 1.54) is 29.2 Å². The lowest BCUT2D eigenvalue weighted by molar-refractivity contribution is -0.142. The number of rotatable bonds is 20. The molecule has 93 heavy (non-hydrogen) atoms. The molecule has 2 saturated heterocycles. The van der Waals surface area contributed by atoms with Gasteiger partial charge in [-0.1, -0.05) is 102 Å². The lowest BCUT2D eigenvalue weighted by Gasteiger charge is -2.32. The second kappa shape index (κ2) is 34.9. The minimum atomic E-state index is -1.85. The Hall–Kier alpha value is -9.40. The Kier molecular flexibility index (Phi) is 27.2. The maximum atomic E-state index is 15.1. The van der Waals surface area contributed by atoms with E-state index in [9.17, 15) is 57.8 Å². The van der Waals surface area contributed by atoms with Crippen molar-refractivity contribution in [3.63, 3.8) is 0 Å². The monoisotopic (exact) mass is 1290 g/mol. The highest BCUT2D eigenvalue weighted by Crippen LogP contribution is 2.24. The first kappa shape index (κ1) is 72.7. The summed E-state index contributed by atoms with van der Waals surface area (Å²) in [4.78, 5) is 177. The largest absolute Gasteiger partial charge is 0.508 e. The molecule has 0 radical (unpaired) electrons. The molecule has 1 aromatic heterocycles. The quantitative estimate of drug-likeness (QED) is 0.0529. The van der Waals surface area contributed by atoms with E-state index in [0.717, 1.165) is 0 Å². The van der Waals surface area contributed by atoms with E-state index in [2.05, 4.69) is 52.8 Å². The molecule has 10 unspecified atom stereocenters. The van der Waals surface area contributed by atoms with E-state index in [-0.39, 0.29) is 75.6 Å². The normalized spacial score (nSPS) is 24.0. The van der Waals surface area contributed by atoms with Crippen molar-refractivity contribution >= 4 is 81.8 Å². The van der Waals surface area contributed by atoms with Crippen LogP contribution in [0.1, 0.15) is 122 Å². The highest BCUT2D eigenvalue weighted by molar-refractivity contribution is 6.01. The molecule has 12 amide bonds. The van der Waals surface area contributed by atoms with Gasteiger partial charge in [0.15, 0.2) is 0 Å². The van der Waals surface area contributed by atoms with Crippen molar-refractivity contribution in [3.05, 3.63) is 102 Å². The van der Waals surface area contributed by atoms with Gasteiger partial charge in [-0.05, 0) is 111 Å². The van der Waals surface area contributed by atoms with Gasteiger partial charge in [0.05, 0.1) is 6.42 Å². The van der Waals surface area contributed by atoms with Crippen LogP contribution in [0.25, 0.3) is 10.9 Å². The van der Waals surface area contributed by atoms with Gasteiger partial charge in [0, 0.05) is 49.3 Å². The van der Waals surface area contributed by atoms with Crippen LogP contribution in [0.3, 0.4) is 0 Å². The summed E-state index contributed by atoms with van der Waals surface area (Å²) in [5.41, 5.74) is 19.4. The third kappa shape index (κ3) is 21.9. The molecule has 2 fully saturated rings. The predicted octanol–water partition coefficient (Wildman–Crippen LogP) is 0.287. The summed E-state index contributed by atoms with van der Waals surface area (Å²) >= 11 is 0. The maximum Gasteiger partial charge on any atom is 0.246 e. The molecule has 6 rings (SSSR count). The van der Waals surface area contributed by atoms with E-state index in [4.69, 9.17) is 17.2 Å². The molecule has 504 valence electrons. The van der Waals surface area contributed by atoms with Gasteiger partial charge in [-0.25, -0.2) is 0 Å². The number of para-hydroxylation sites is 1. The van der Waals surface area contributed by atoms with Crippen molar-refractivity contribution in [1.29, 1.82) is 0 Å². The highest BCUT2D eigenvalue weighted by atomic mass is 16.3. The van der Waals surface area contributed by atoms with Gasteiger partial charge in [-0.3, -0.25) is 57.5 Å². The summed E-state index contributed by atoms with van der Waals surface area (Å²) in [5, 5.41) is 35.2. The van der Waals surface area contributed by atoms with Crippen LogP contribution in [0.4, 0.5) is 0 Å². The SMILES string of the molecule is CC(C)CC1NC(=O)C(CCCCN)NC(=O)C(C(C)C)NC(=O)C(Cc2ccc(O)cc2)NC(=O)C(CCC(N)=O)NC(=O)C(CC(N)=O)NC(=O)C(Cc2c[nH]c3ccccc23)NC(=O)C(CC(C)C)NC(=O)C2CCCN2C(=O)C(Cc2ccccc2)NC1=O. The molecule has 10 atom stereocenters. The zero-order valence-electron chi connectivity index (χ0n) is 53.7. The number of aromatic hydroxyl groups is 1. The zero-order valence-corrected chi connectivity index (χ0v) is 53.7. The third-order valence-corrected chi connectivity index (χ3v) is 16.3. The predicted molar refractivity (Wildman–Crippen MR) is 345 cm³/mol. The second-order valence-corrected chi connectivity index (χ2v) is 25.3. The molecule has 0 bridgehead atoms. The zero-order chi connectivity index (χ0) is 68.1. The molecular weight excluding hydrogens is 1200 g/mol. The second-order valence-electron chi connectivity index (χ2n) is 25.3. The van der Waals surface area contributed by atoms with Crippen molar-refractivity contribution in [1.82, 2.24) is 57.7 Å². The lowest BCUT2D eigenvalue weighted by Crippen LogP contribution is -2.62. The molecule has 3 heterocycles. The number of phenols is 1. The van der Waals surface area contributed by atoms with Gasteiger partial charge >= 0.3 is 0 Å². The first-order valence-corrected chi connectivity index (χ1v) is 31.9. The summed E-state index contributed by atoms with van der Waals surface area (Å²) in [5.74, 6) is -11.9. The van der Waals surface area contributed by atoms with Gasteiger partial charge in [0.1, 0.15) is 66.2 Å². The molecule has 27 heteroatoms. The maximum absolute atomic E-state index is 15.1. The number of hydrogen-bond acceptors (Lipinski definition) is 14. The summed E-state index contributed by atoms with van der Waals surface area (Å²) in [6, 6.07) is 7.19. The number of fused-ring (bicyclic) bond motifs is 2. The number of carbonyl (C=O) groups excluding carboxylic acids is 12. The minimum absolute atomic E-state index is 0.0318. The van der Waals surface area contributed by atoms with E-state index in [1.54, 1.807) is 74.6 Å². The van der Waals surface area contributed by atoms with Crippen molar-refractivity contribution < 1.29 is 62.6 Å². The van der Waals surface area contributed by atoms with Crippen LogP contribution in [-0.4, -0.2) is 159 Å². The topological polar surface area (TPSA) is 430 Å². The average Bonchev–Trinajstić information content (AvgIpc) is 1.78. The number of nitrogens with two attached hydrogens (primary N) is 3. The number of primary amides is 2. The van der Waals surface area contributed by atoms with Gasteiger partial charge in [0.25, 0.3) is 0 Å². The Morgan fingerprint density at radius 3 is 1.60 bits per heavy atom. The fourth-order valence-corrected chi connectivity index (χ4v) is 11.4. The van der Waals surface area contributed by atoms with Crippen molar-refractivity contribution in [2.75, 3.05) is 13.1 Å². The molecule has 27 nitrogen and oxygen atoms in total. The first-order valence-electron chi connectivity index (χ1n) is 31.9. The van der Waals surface area contributed by atoms with Crippen LogP contribution in [0, 0.1) is 17.8 Å². The fourth-order valence-electron chi connectivity index (χ4n) is 11.4. The van der Waals surface area contributed by atoms with Crippen LogP contribution in [0.5, 0.6) is 5.75 Å². The number of amides is 12. The number of phenolic OH excluding ortho intramolecular Hbond substituents is 1. The molecule has 2 aliphatic rings. The number of carbonyl (C=O) groups is 12. The van der Waals surface area contributed by atoms with Gasteiger partial charge in [-0.15, -0.1) is 0 Å². The number of benzene rings is 3. The first-order chi connectivity index (χ1) is 44.2. The van der Waals surface area contributed by atoms with E-state index >= 15 is 4.79 Å². The Morgan fingerprint density at radius 1 is 0.516 bits per heavy atom. The molecule has 2 aliphatic heterocycles. The summed E-state index contributed by atoms with van der Waals surface area (Å²) < 4.78 is 0. The summed E-state index contributed by atoms with van der Waals surface area (Å²) in [6.45, 7) is 10.9. The molecule has 17 N–H and O–H groups in total. The van der Waals surface area contributed by atoms with Crippen molar-refractivity contribution in [2.45, 2.75) is 185 Å². The Labute approximate surface area is 541 Å². The third-order valence-electron chi connectivity index (χ3n) is 16.3. The van der Waals surface area contributed by atoms with Crippen LogP contribution >= 0.6 is 0 Å².